The Bertz CT molecular complexity index is 660. The van der Waals surface area contributed by atoms with Crippen molar-refractivity contribution >= 4 is 18.0 Å². The highest BCUT2D eigenvalue weighted by molar-refractivity contribution is 5.84. The van der Waals surface area contributed by atoms with Gasteiger partial charge in [-0.3, -0.25) is 0 Å². The van der Waals surface area contributed by atoms with Crippen molar-refractivity contribution in [3.05, 3.63) is 35.2 Å². The summed E-state index contributed by atoms with van der Waals surface area (Å²) in [6.45, 7) is 4.30. The van der Waals surface area contributed by atoms with Gasteiger partial charge in [-0.1, -0.05) is 12.2 Å². The van der Waals surface area contributed by atoms with Crippen LogP contribution in [0.5, 0.6) is 0 Å². The second-order valence-corrected chi connectivity index (χ2v) is 6.88. The van der Waals surface area contributed by atoms with Gasteiger partial charge in [0.15, 0.2) is 0 Å². The Morgan fingerprint density at radius 3 is 2.96 bits per heavy atom. The number of benzene rings is 1. The van der Waals surface area contributed by atoms with Crippen LogP contribution in [-0.2, 0) is 4.79 Å². The number of nitrogens with zero attached hydrogens (tertiary/aromatic N) is 2. The summed E-state index contributed by atoms with van der Waals surface area (Å²) < 4.78 is 14.5. The van der Waals surface area contributed by atoms with Crippen LogP contribution in [0.25, 0.3) is 6.08 Å². The molecule has 0 spiro atoms. The molecule has 1 aromatic carbocycles. The molecule has 122 valence electrons. The van der Waals surface area contributed by atoms with Crippen LogP contribution in [-0.4, -0.2) is 50.0 Å². The first kappa shape index (κ1) is 14.8. The highest BCUT2D eigenvalue weighted by Gasteiger charge is 2.38. The molecule has 3 aliphatic heterocycles. The fraction of sp³-hybridized carbons (Fsp3) is 0.500. The standard InChI is InChI=1S/C18H22FN3O/c19-16-4-2-13-1-3-15(11-23)22-10-14(17(16)18(13)22)9-21-6-5-12(7-20)8-21/h1-4,11-12,14-15H,5-10,20H2/t12-,14?,15?/m1/s1. The van der Waals surface area contributed by atoms with Crippen molar-refractivity contribution in [1.29, 1.82) is 0 Å². The number of carbonyl (C=O) groups excluding carboxylic acids is 1. The second kappa shape index (κ2) is 5.73. The number of halogens is 1. The maximum absolute atomic E-state index is 14.5. The number of rotatable bonds is 4. The average molecular weight is 315 g/mol. The topological polar surface area (TPSA) is 49.6 Å². The van der Waals surface area contributed by atoms with E-state index in [9.17, 15) is 9.18 Å². The molecule has 0 aliphatic carbocycles. The Morgan fingerprint density at radius 2 is 2.22 bits per heavy atom. The molecule has 0 amide bonds. The van der Waals surface area contributed by atoms with E-state index in [1.165, 1.54) is 0 Å². The first-order chi connectivity index (χ1) is 11.2. The van der Waals surface area contributed by atoms with Crippen LogP contribution in [0.2, 0.25) is 0 Å². The van der Waals surface area contributed by atoms with Gasteiger partial charge in [-0.05, 0) is 43.1 Å². The average Bonchev–Trinajstić information content (AvgIpc) is 3.17. The quantitative estimate of drug-likeness (QED) is 0.858. The molecule has 1 saturated heterocycles. The lowest BCUT2D eigenvalue weighted by atomic mass is 9.96. The lowest BCUT2D eigenvalue weighted by Crippen LogP contribution is -2.37. The molecule has 1 fully saturated rings. The Labute approximate surface area is 135 Å². The van der Waals surface area contributed by atoms with Crippen LogP contribution < -0.4 is 10.6 Å². The minimum Gasteiger partial charge on any atom is -0.357 e. The van der Waals surface area contributed by atoms with E-state index < -0.39 is 0 Å². The molecule has 2 unspecified atom stereocenters. The number of hydrogen-bond donors (Lipinski definition) is 1. The van der Waals surface area contributed by atoms with Gasteiger partial charge in [0.2, 0.25) is 0 Å². The first-order valence-corrected chi connectivity index (χ1v) is 8.36. The zero-order valence-electron chi connectivity index (χ0n) is 13.1. The van der Waals surface area contributed by atoms with Crippen LogP contribution in [0.3, 0.4) is 0 Å². The van der Waals surface area contributed by atoms with Crippen LogP contribution in [0.1, 0.15) is 23.5 Å². The SMILES string of the molecule is NC[C@H]1CCN(CC2CN3c4c(ccc(F)c42)C=CC3C=O)C1. The van der Waals surface area contributed by atoms with Gasteiger partial charge in [0, 0.05) is 31.1 Å². The number of hydrogen-bond acceptors (Lipinski definition) is 4. The zero-order chi connectivity index (χ0) is 16.0. The number of anilines is 1. The number of nitrogens with two attached hydrogens (primary N) is 1. The predicted octanol–water partition coefficient (Wildman–Crippen LogP) is 1.60. The monoisotopic (exact) mass is 315 g/mol. The highest BCUT2D eigenvalue weighted by Crippen LogP contribution is 2.44. The van der Waals surface area contributed by atoms with Gasteiger partial charge in [0.05, 0.1) is 5.69 Å². The first-order valence-electron chi connectivity index (χ1n) is 8.36. The Morgan fingerprint density at radius 1 is 1.35 bits per heavy atom. The highest BCUT2D eigenvalue weighted by atomic mass is 19.1. The van der Waals surface area contributed by atoms with E-state index in [-0.39, 0.29) is 17.8 Å². The molecule has 4 nitrogen and oxygen atoms in total. The molecule has 4 rings (SSSR count). The van der Waals surface area contributed by atoms with Gasteiger partial charge in [-0.2, -0.15) is 0 Å². The molecule has 3 aliphatic rings. The summed E-state index contributed by atoms with van der Waals surface area (Å²) in [5.74, 6) is 0.526. The third kappa shape index (κ3) is 2.39. The molecule has 3 heterocycles. The smallest absolute Gasteiger partial charge is 0.146 e. The van der Waals surface area contributed by atoms with Crippen LogP contribution in [0.15, 0.2) is 18.2 Å². The van der Waals surface area contributed by atoms with Gasteiger partial charge >= 0.3 is 0 Å². The normalized spacial score (nSPS) is 29.1. The molecule has 0 aromatic heterocycles. The fourth-order valence-electron chi connectivity index (χ4n) is 4.29. The molecular formula is C18H22FN3O. The maximum Gasteiger partial charge on any atom is 0.146 e. The molecule has 0 saturated carbocycles. The Balaban J connectivity index is 1.63. The summed E-state index contributed by atoms with van der Waals surface area (Å²) in [5.41, 5.74) is 8.50. The van der Waals surface area contributed by atoms with E-state index in [4.69, 9.17) is 5.73 Å². The molecule has 0 bridgehead atoms. The zero-order valence-corrected chi connectivity index (χ0v) is 13.1. The summed E-state index contributed by atoms with van der Waals surface area (Å²) in [4.78, 5) is 15.8. The molecule has 5 heteroatoms. The number of aldehydes is 1. The van der Waals surface area contributed by atoms with Crippen molar-refractivity contribution in [1.82, 2.24) is 4.90 Å². The molecule has 2 N–H and O–H groups in total. The minimum atomic E-state index is -0.275. The van der Waals surface area contributed by atoms with Crippen molar-refractivity contribution < 1.29 is 9.18 Å². The van der Waals surface area contributed by atoms with Crippen molar-refractivity contribution in [2.75, 3.05) is 37.6 Å². The Kier molecular flexibility index (Phi) is 3.70. The largest absolute Gasteiger partial charge is 0.357 e. The summed E-state index contributed by atoms with van der Waals surface area (Å²) in [7, 11) is 0. The Hall–Kier alpha value is -1.72. The van der Waals surface area contributed by atoms with Crippen molar-refractivity contribution in [2.24, 2.45) is 11.7 Å². The molecule has 23 heavy (non-hydrogen) atoms. The van der Waals surface area contributed by atoms with Gasteiger partial charge in [0.25, 0.3) is 0 Å². The maximum atomic E-state index is 14.5. The van der Waals surface area contributed by atoms with E-state index in [0.717, 1.165) is 55.7 Å². The summed E-state index contributed by atoms with van der Waals surface area (Å²) in [6, 6.07) is 3.09. The van der Waals surface area contributed by atoms with Crippen LogP contribution >= 0.6 is 0 Å². The number of likely N-dealkylation sites (tertiary alicyclic amines) is 1. The van der Waals surface area contributed by atoms with E-state index in [1.807, 2.05) is 12.2 Å². The van der Waals surface area contributed by atoms with Gasteiger partial charge in [0.1, 0.15) is 18.1 Å². The summed E-state index contributed by atoms with van der Waals surface area (Å²) in [6.07, 6.45) is 5.91. The van der Waals surface area contributed by atoms with Crippen LogP contribution in [0, 0.1) is 11.7 Å². The molecular weight excluding hydrogens is 293 g/mol. The molecule has 3 atom stereocenters. The van der Waals surface area contributed by atoms with Crippen molar-refractivity contribution in [3.8, 4) is 0 Å². The molecule has 1 aromatic rings. The van der Waals surface area contributed by atoms with Gasteiger partial charge in [-0.15, -0.1) is 0 Å². The van der Waals surface area contributed by atoms with E-state index in [1.54, 1.807) is 12.1 Å². The number of carbonyl (C=O) groups is 1. The predicted molar refractivity (Wildman–Crippen MR) is 89.0 cm³/mol. The summed E-state index contributed by atoms with van der Waals surface area (Å²) >= 11 is 0. The fourth-order valence-corrected chi connectivity index (χ4v) is 4.29. The van der Waals surface area contributed by atoms with Gasteiger partial charge < -0.3 is 20.3 Å². The minimum absolute atomic E-state index is 0.115. The third-order valence-electron chi connectivity index (χ3n) is 5.46. The van der Waals surface area contributed by atoms with Crippen molar-refractivity contribution in [3.63, 3.8) is 0 Å². The van der Waals surface area contributed by atoms with Crippen LogP contribution in [0.4, 0.5) is 10.1 Å². The molecule has 0 radical (unpaired) electrons. The van der Waals surface area contributed by atoms with E-state index in [0.29, 0.717) is 12.5 Å². The van der Waals surface area contributed by atoms with E-state index >= 15 is 0 Å². The lowest BCUT2D eigenvalue weighted by Gasteiger charge is -2.29. The second-order valence-electron chi connectivity index (χ2n) is 6.88. The van der Waals surface area contributed by atoms with Gasteiger partial charge in [-0.25, -0.2) is 4.39 Å². The third-order valence-corrected chi connectivity index (χ3v) is 5.46. The van der Waals surface area contributed by atoms with Crippen molar-refractivity contribution in [2.45, 2.75) is 18.4 Å². The summed E-state index contributed by atoms with van der Waals surface area (Å²) in [5, 5.41) is 0. The lowest BCUT2D eigenvalue weighted by molar-refractivity contribution is -0.108. The van der Waals surface area contributed by atoms with E-state index in [2.05, 4.69) is 9.80 Å².